The molecule has 182 valence electrons. The average molecular weight is 462 g/mol. The normalized spacial score (nSPS) is 11.4. The number of hydrogen-bond donors (Lipinski definition) is 4. The molecule has 0 amide bonds. The summed E-state index contributed by atoms with van der Waals surface area (Å²) in [7, 11) is -4.09. The molecule has 0 atom stereocenters. The fourth-order valence-corrected chi connectivity index (χ4v) is 4.10. The summed E-state index contributed by atoms with van der Waals surface area (Å²) in [5, 5.41) is 25.5. The number of aryl methyl sites for hydroxylation is 1. The van der Waals surface area contributed by atoms with Gasteiger partial charge < -0.3 is 15.3 Å². The van der Waals surface area contributed by atoms with Crippen molar-refractivity contribution >= 4 is 10.1 Å². The number of benzene rings is 1. The maximum Gasteiger partial charge on any atom is 0.294 e. The molecule has 0 bridgehead atoms. The molecule has 0 saturated heterocycles. The van der Waals surface area contributed by atoms with Crippen LogP contribution in [0.4, 0.5) is 0 Å². The lowest BCUT2D eigenvalue weighted by Crippen LogP contribution is -2.32. The highest BCUT2D eigenvalue weighted by Gasteiger charge is 2.13. The fraction of sp³-hybridized carbons (Fsp3) is 0.739. The van der Waals surface area contributed by atoms with Crippen molar-refractivity contribution in [3.63, 3.8) is 0 Å². The summed E-state index contributed by atoms with van der Waals surface area (Å²) in [4.78, 5) is 1.85. The van der Waals surface area contributed by atoms with Gasteiger partial charge in [-0.05, 0) is 24.5 Å². The average Bonchev–Trinajstić information content (AvgIpc) is 2.73. The van der Waals surface area contributed by atoms with Crippen molar-refractivity contribution in [3.05, 3.63) is 29.8 Å². The Bertz CT molecular complexity index is 624. The number of aliphatic hydroxyl groups excluding tert-OH is 3. The lowest BCUT2D eigenvalue weighted by Gasteiger charge is -2.17. The molecule has 0 heterocycles. The Morgan fingerprint density at radius 1 is 0.742 bits per heavy atom. The number of nitrogens with zero attached hydrogens (tertiary/aromatic N) is 1. The van der Waals surface area contributed by atoms with Gasteiger partial charge in [0.2, 0.25) is 0 Å². The van der Waals surface area contributed by atoms with Crippen molar-refractivity contribution < 1.29 is 28.3 Å². The fourth-order valence-electron chi connectivity index (χ4n) is 3.35. The molecule has 0 aliphatic rings. The van der Waals surface area contributed by atoms with E-state index in [0.29, 0.717) is 26.1 Å². The van der Waals surface area contributed by atoms with E-state index in [2.05, 4.69) is 6.92 Å². The molecular formula is C23H43NO6S. The van der Waals surface area contributed by atoms with Crippen LogP contribution in [0, 0.1) is 0 Å². The van der Waals surface area contributed by atoms with E-state index < -0.39 is 10.1 Å². The highest BCUT2D eigenvalue weighted by molar-refractivity contribution is 7.85. The molecule has 0 fully saturated rings. The molecule has 0 unspecified atom stereocenters. The lowest BCUT2D eigenvalue weighted by molar-refractivity contribution is 0.136. The highest BCUT2D eigenvalue weighted by atomic mass is 32.2. The first-order valence-corrected chi connectivity index (χ1v) is 12.9. The van der Waals surface area contributed by atoms with Gasteiger partial charge in [-0.2, -0.15) is 8.42 Å². The van der Waals surface area contributed by atoms with Gasteiger partial charge in [0.1, 0.15) is 0 Å². The van der Waals surface area contributed by atoms with Crippen molar-refractivity contribution in [1.82, 2.24) is 4.90 Å². The summed E-state index contributed by atoms with van der Waals surface area (Å²) >= 11 is 0. The van der Waals surface area contributed by atoms with Crippen LogP contribution in [-0.2, 0) is 16.5 Å². The zero-order valence-electron chi connectivity index (χ0n) is 19.1. The van der Waals surface area contributed by atoms with Crippen LogP contribution >= 0.6 is 0 Å². The first kappa shape index (κ1) is 30.0. The zero-order valence-corrected chi connectivity index (χ0v) is 19.9. The van der Waals surface area contributed by atoms with Crippen LogP contribution in [0.3, 0.4) is 0 Å². The number of aliphatic hydroxyl groups is 3. The molecular weight excluding hydrogens is 418 g/mol. The van der Waals surface area contributed by atoms with E-state index in [1.54, 1.807) is 17.0 Å². The van der Waals surface area contributed by atoms with Gasteiger partial charge in [-0.25, -0.2) is 0 Å². The molecule has 0 saturated carbocycles. The topological polar surface area (TPSA) is 118 Å². The second-order valence-corrected chi connectivity index (χ2v) is 9.06. The third-order valence-corrected chi connectivity index (χ3v) is 6.00. The molecule has 1 aromatic rings. The lowest BCUT2D eigenvalue weighted by atomic mass is 10.0. The summed E-state index contributed by atoms with van der Waals surface area (Å²) in [5.41, 5.74) is 0.725. The van der Waals surface area contributed by atoms with Gasteiger partial charge in [-0.15, -0.1) is 0 Å². The van der Waals surface area contributed by atoms with Gasteiger partial charge in [-0.3, -0.25) is 9.45 Å². The summed E-state index contributed by atoms with van der Waals surface area (Å²) in [6.07, 6.45) is 11.9. The summed E-state index contributed by atoms with van der Waals surface area (Å²) in [5.74, 6) is 0. The van der Waals surface area contributed by atoms with Crippen molar-refractivity contribution in [3.8, 4) is 0 Å². The monoisotopic (exact) mass is 461 g/mol. The SMILES string of the molecule is CCCCCCCCCCCc1ccccc1S(=O)(=O)O.OCCN(CCO)CCO. The molecule has 1 rings (SSSR count). The van der Waals surface area contributed by atoms with Gasteiger partial charge in [-0.1, -0.05) is 76.5 Å². The van der Waals surface area contributed by atoms with Gasteiger partial charge in [0.05, 0.1) is 24.7 Å². The first-order valence-electron chi connectivity index (χ1n) is 11.5. The van der Waals surface area contributed by atoms with E-state index in [1.807, 2.05) is 6.07 Å². The molecule has 0 spiro atoms. The van der Waals surface area contributed by atoms with Crippen LogP contribution in [0.15, 0.2) is 29.2 Å². The Kier molecular flexibility index (Phi) is 19.0. The summed E-state index contributed by atoms with van der Waals surface area (Å²) < 4.78 is 31.7. The Morgan fingerprint density at radius 2 is 1.19 bits per heavy atom. The summed E-state index contributed by atoms with van der Waals surface area (Å²) in [6.45, 7) is 3.98. The Balaban J connectivity index is 0.000000759. The van der Waals surface area contributed by atoms with E-state index in [-0.39, 0.29) is 24.7 Å². The van der Waals surface area contributed by atoms with Gasteiger partial charge >= 0.3 is 0 Å². The number of unbranched alkanes of at least 4 members (excludes halogenated alkanes) is 8. The predicted molar refractivity (Wildman–Crippen MR) is 125 cm³/mol. The Morgan fingerprint density at radius 3 is 1.65 bits per heavy atom. The van der Waals surface area contributed by atoms with Crippen LogP contribution in [0.25, 0.3) is 0 Å². The van der Waals surface area contributed by atoms with Gasteiger partial charge in [0, 0.05) is 19.6 Å². The third kappa shape index (κ3) is 16.3. The van der Waals surface area contributed by atoms with E-state index in [4.69, 9.17) is 15.3 Å². The van der Waals surface area contributed by atoms with Crippen LogP contribution in [0.5, 0.6) is 0 Å². The van der Waals surface area contributed by atoms with E-state index in [9.17, 15) is 13.0 Å². The van der Waals surface area contributed by atoms with Crippen molar-refractivity contribution in [2.75, 3.05) is 39.5 Å². The molecule has 4 N–H and O–H groups in total. The van der Waals surface area contributed by atoms with Crippen molar-refractivity contribution in [1.29, 1.82) is 0 Å². The van der Waals surface area contributed by atoms with Crippen LogP contribution in [-0.4, -0.2) is 72.6 Å². The minimum absolute atomic E-state index is 0.0598. The van der Waals surface area contributed by atoms with Crippen LogP contribution in [0.2, 0.25) is 0 Å². The second-order valence-electron chi connectivity index (χ2n) is 7.67. The number of hydrogen-bond acceptors (Lipinski definition) is 6. The molecule has 7 nitrogen and oxygen atoms in total. The number of rotatable bonds is 17. The minimum atomic E-state index is -4.09. The predicted octanol–water partition coefficient (Wildman–Crippen LogP) is 3.27. The maximum atomic E-state index is 11.3. The van der Waals surface area contributed by atoms with Gasteiger partial charge in [0.25, 0.3) is 10.1 Å². The van der Waals surface area contributed by atoms with Crippen LogP contribution < -0.4 is 0 Å². The van der Waals surface area contributed by atoms with Crippen molar-refractivity contribution in [2.45, 2.75) is 76.0 Å². The Labute approximate surface area is 188 Å². The quantitative estimate of drug-likeness (QED) is 0.208. The van der Waals surface area contributed by atoms with E-state index in [0.717, 1.165) is 18.4 Å². The van der Waals surface area contributed by atoms with E-state index >= 15 is 0 Å². The molecule has 0 aliphatic carbocycles. The Hall–Kier alpha value is -1.03. The molecule has 0 aliphatic heterocycles. The molecule has 0 aromatic heterocycles. The highest BCUT2D eigenvalue weighted by Crippen LogP contribution is 2.18. The molecule has 0 radical (unpaired) electrons. The smallest absolute Gasteiger partial charge is 0.294 e. The van der Waals surface area contributed by atoms with Crippen LogP contribution in [0.1, 0.15) is 70.3 Å². The van der Waals surface area contributed by atoms with Gasteiger partial charge in [0.15, 0.2) is 0 Å². The minimum Gasteiger partial charge on any atom is -0.395 e. The molecule has 31 heavy (non-hydrogen) atoms. The largest absolute Gasteiger partial charge is 0.395 e. The molecule has 8 heteroatoms. The molecule has 1 aromatic carbocycles. The van der Waals surface area contributed by atoms with Crippen molar-refractivity contribution in [2.24, 2.45) is 0 Å². The van der Waals surface area contributed by atoms with E-state index in [1.165, 1.54) is 51.0 Å². The first-order chi connectivity index (χ1) is 14.9. The third-order valence-electron chi connectivity index (χ3n) is 5.05. The standard InChI is InChI=1S/C17H28O3S.C6H15NO3/c1-2-3-4-5-6-7-8-9-10-13-16-14-11-12-15-17(16)21(18,19)20;8-4-1-7(2-5-9)3-6-10/h11-12,14-15H,2-10,13H2,1H3,(H,18,19,20);8-10H,1-6H2. The second kappa shape index (κ2) is 19.6. The summed E-state index contributed by atoms with van der Waals surface area (Å²) in [6, 6.07) is 6.72. The zero-order chi connectivity index (χ0) is 23.4. The maximum absolute atomic E-state index is 11.3.